The lowest BCUT2D eigenvalue weighted by atomic mass is 10.1. The zero-order valence-corrected chi connectivity index (χ0v) is 14.8. The molecule has 6 heteroatoms. The number of rotatable bonds is 6. The van der Waals surface area contributed by atoms with Crippen molar-refractivity contribution in [2.45, 2.75) is 6.42 Å². The molecular formula is C19H18N2O3S. The number of carbonyl (C=O) groups is 1. The second-order valence-corrected chi connectivity index (χ2v) is 6.46. The minimum absolute atomic E-state index is 0.252. The van der Waals surface area contributed by atoms with Crippen LogP contribution in [-0.2, 0) is 6.42 Å². The van der Waals surface area contributed by atoms with Crippen LogP contribution in [0.3, 0.4) is 0 Å². The third-order valence-corrected chi connectivity index (χ3v) is 4.52. The second kappa shape index (κ2) is 7.81. The summed E-state index contributed by atoms with van der Waals surface area (Å²) < 4.78 is 10.4. The van der Waals surface area contributed by atoms with Gasteiger partial charge >= 0.3 is 0 Å². The molecule has 1 aromatic heterocycles. The predicted octanol–water partition coefficient (Wildman–Crippen LogP) is 4.00. The van der Waals surface area contributed by atoms with Crippen LogP contribution in [0, 0.1) is 0 Å². The molecule has 1 N–H and O–H groups in total. The van der Waals surface area contributed by atoms with E-state index in [0.29, 0.717) is 22.2 Å². The molecule has 1 amide bonds. The van der Waals surface area contributed by atoms with Crippen LogP contribution < -0.4 is 14.8 Å². The van der Waals surface area contributed by atoms with Crippen molar-refractivity contribution in [1.29, 1.82) is 0 Å². The lowest BCUT2D eigenvalue weighted by Crippen LogP contribution is -2.11. The van der Waals surface area contributed by atoms with Crippen LogP contribution >= 0.6 is 11.3 Å². The third kappa shape index (κ3) is 4.36. The monoisotopic (exact) mass is 354 g/mol. The molecular weight excluding hydrogens is 336 g/mol. The fraction of sp³-hybridized carbons (Fsp3) is 0.158. The van der Waals surface area contributed by atoms with E-state index in [1.54, 1.807) is 38.6 Å². The highest BCUT2D eigenvalue weighted by molar-refractivity contribution is 7.15. The van der Waals surface area contributed by atoms with Gasteiger partial charge in [-0.2, -0.15) is 0 Å². The highest BCUT2D eigenvalue weighted by Gasteiger charge is 2.12. The minimum atomic E-state index is -0.252. The molecule has 5 nitrogen and oxygen atoms in total. The summed E-state index contributed by atoms with van der Waals surface area (Å²) in [5.74, 6) is 0.875. The summed E-state index contributed by atoms with van der Waals surface area (Å²) in [5, 5.41) is 3.39. The Morgan fingerprint density at radius 2 is 1.76 bits per heavy atom. The fourth-order valence-electron chi connectivity index (χ4n) is 2.35. The Bertz CT molecular complexity index is 840. The number of anilines is 1. The molecule has 0 bridgehead atoms. The van der Waals surface area contributed by atoms with E-state index < -0.39 is 0 Å². The van der Waals surface area contributed by atoms with E-state index in [-0.39, 0.29) is 5.91 Å². The van der Waals surface area contributed by atoms with E-state index in [0.717, 1.165) is 11.3 Å². The van der Waals surface area contributed by atoms with Gasteiger partial charge < -0.3 is 9.47 Å². The van der Waals surface area contributed by atoms with Gasteiger partial charge in [-0.1, -0.05) is 30.3 Å². The number of hydrogen-bond acceptors (Lipinski definition) is 5. The number of benzene rings is 2. The molecule has 0 atom stereocenters. The number of ether oxygens (including phenoxy) is 2. The van der Waals surface area contributed by atoms with Crippen LogP contribution in [-0.4, -0.2) is 25.1 Å². The zero-order valence-electron chi connectivity index (χ0n) is 14.0. The van der Waals surface area contributed by atoms with E-state index >= 15 is 0 Å². The SMILES string of the molecule is COc1cc(OC)cc(C(=O)Nc2ncc(Cc3ccccc3)s2)c1. The molecule has 0 aliphatic rings. The van der Waals surface area contributed by atoms with Gasteiger partial charge in [0.05, 0.1) is 14.2 Å². The topological polar surface area (TPSA) is 60.5 Å². The maximum Gasteiger partial charge on any atom is 0.257 e. The van der Waals surface area contributed by atoms with Crippen LogP contribution in [0.5, 0.6) is 11.5 Å². The van der Waals surface area contributed by atoms with Crippen molar-refractivity contribution in [2.24, 2.45) is 0 Å². The predicted molar refractivity (Wildman–Crippen MR) is 98.9 cm³/mol. The number of nitrogens with zero attached hydrogens (tertiary/aromatic N) is 1. The first-order valence-corrected chi connectivity index (χ1v) is 8.52. The minimum Gasteiger partial charge on any atom is -0.497 e. The Labute approximate surface area is 150 Å². The molecule has 2 aromatic carbocycles. The number of thiazole rings is 1. The molecule has 0 unspecified atom stereocenters. The number of methoxy groups -OCH3 is 2. The Balaban J connectivity index is 1.71. The average molecular weight is 354 g/mol. The van der Waals surface area contributed by atoms with Crippen molar-refractivity contribution in [1.82, 2.24) is 4.98 Å². The summed E-state index contributed by atoms with van der Waals surface area (Å²) in [6.45, 7) is 0. The molecule has 0 spiro atoms. The Hall–Kier alpha value is -2.86. The standard InChI is InChI=1S/C19H18N2O3S/c1-23-15-9-14(10-16(11-15)24-2)18(22)21-19-20-12-17(25-19)8-13-6-4-3-5-7-13/h3-7,9-12H,8H2,1-2H3,(H,20,21,22). The fourth-order valence-corrected chi connectivity index (χ4v) is 3.19. The number of hydrogen-bond donors (Lipinski definition) is 1. The number of nitrogens with one attached hydrogen (secondary N) is 1. The van der Waals surface area contributed by atoms with Gasteiger partial charge in [0.2, 0.25) is 0 Å². The summed E-state index contributed by atoms with van der Waals surface area (Å²) in [4.78, 5) is 17.8. The van der Waals surface area contributed by atoms with Gasteiger partial charge in [-0.15, -0.1) is 11.3 Å². The summed E-state index contributed by atoms with van der Waals surface area (Å²) >= 11 is 1.47. The molecule has 25 heavy (non-hydrogen) atoms. The molecule has 0 radical (unpaired) electrons. The first-order valence-electron chi connectivity index (χ1n) is 7.71. The van der Waals surface area contributed by atoms with Gasteiger partial charge in [0.25, 0.3) is 5.91 Å². The molecule has 1 heterocycles. The van der Waals surface area contributed by atoms with Gasteiger partial charge in [-0.3, -0.25) is 10.1 Å². The lowest BCUT2D eigenvalue weighted by molar-refractivity contribution is 0.102. The van der Waals surface area contributed by atoms with Crippen molar-refractivity contribution < 1.29 is 14.3 Å². The summed E-state index contributed by atoms with van der Waals surface area (Å²) in [7, 11) is 3.10. The molecule has 0 aliphatic heterocycles. The quantitative estimate of drug-likeness (QED) is 0.727. The number of amides is 1. The van der Waals surface area contributed by atoms with Crippen LogP contribution in [0.25, 0.3) is 0 Å². The molecule has 0 saturated heterocycles. The van der Waals surface area contributed by atoms with E-state index in [1.165, 1.54) is 16.9 Å². The first-order chi connectivity index (χ1) is 12.2. The van der Waals surface area contributed by atoms with Crippen molar-refractivity contribution in [3.63, 3.8) is 0 Å². The third-order valence-electron chi connectivity index (χ3n) is 3.61. The van der Waals surface area contributed by atoms with Crippen LogP contribution in [0.4, 0.5) is 5.13 Å². The van der Waals surface area contributed by atoms with E-state index in [1.807, 2.05) is 18.2 Å². The summed E-state index contributed by atoms with van der Waals surface area (Å²) in [6.07, 6.45) is 2.58. The smallest absolute Gasteiger partial charge is 0.257 e. The van der Waals surface area contributed by atoms with Gasteiger partial charge in [0.1, 0.15) is 11.5 Å². The van der Waals surface area contributed by atoms with Gasteiger partial charge in [-0.05, 0) is 17.7 Å². The van der Waals surface area contributed by atoms with Gasteiger partial charge in [0, 0.05) is 29.1 Å². The van der Waals surface area contributed by atoms with E-state index in [9.17, 15) is 4.79 Å². The molecule has 3 aromatic rings. The van der Waals surface area contributed by atoms with Crippen LogP contribution in [0.15, 0.2) is 54.7 Å². The normalized spacial score (nSPS) is 10.3. The lowest BCUT2D eigenvalue weighted by Gasteiger charge is -2.08. The number of aromatic nitrogens is 1. The van der Waals surface area contributed by atoms with Gasteiger partial charge in [0.15, 0.2) is 5.13 Å². The maximum atomic E-state index is 12.5. The van der Waals surface area contributed by atoms with E-state index in [4.69, 9.17) is 9.47 Å². The average Bonchev–Trinajstić information content (AvgIpc) is 3.08. The van der Waals surface area contributed by atoms with Crippen LogP contribution in [0.2, 0.25) is 0 Å². The molecule has 0 fully saturated rings. The summed E-state index contributed by atoms with van der Waals surface area (Å²) in [5.41, 5.74) is 1.66. The Morgan fingerprint density at radius 1 is 1.08 bits per heavy atom. The molecule has 0 aliphatic carbocycles. The zero-order chi connectivity index (χ0) is 17.6. The largest absolute Gasteiger partial charge is 0.497 e. The van der Waals surface area contributed by atoms with Crippen molar-refractivity contribution in [2.75, 3.05) is 19.5 Å². The first kappa shape index (κ1) is 17.0. The Kier molecular flexibility index (Phi) is 5.30. The molecule has 3 rings (SSSR count). The maximum absolute atomic E-state index is 12.5. The second-order valence-electron chi connectivity index (χ2n) is 5.35. The van der Waals surface area contributed by atoms with Crippen molar-refractivity contribution in [3.8, 4) is 11.5 Å². The highest BCUT2D eigenvalue weighted by Crippen LogP contribution is 2.25. The molecule has 0 saturated carbocycles. The highest BCUT2D eigenvalue weighted by atomic mass is 32.1. The number of carbonyl (C=O) groups excluding carboxylic acids is 1. The van der Waals surface area contributed by atoms with Crippen LogP contribution in [0.1, 0.15) is 20.8 Å². The molecule has 128 valence electrons. The summed E-state index contributed by atoms with van der Waals surface area (Å²) in [6, 6.07) is 15.2. The van der Waals surface area contributed by atoms with Gasteiger partial charge in [-0.25, -0.2) is 4.98 Å². The Morgan fingerprint density at radius 3 is 2.40 bits per heavy atom. The van der Waals surface area contributed by atoms with Crippen molar-refractivity contribution in [3.05, 3.63) is 70.7 Å². The van der Waals surface area contributed by atoms with E-state index in [2.05, 4.69) is 22.4 Å². The van der Waals surface area contributed by atoms with Crippen molar-refractivity contribution >= 4 is 22.4 Å².